The molecule has 8 heteroatoms. The molecule has 0 unspecified atom stereocenters. The van der Waals surface area contributed by atoms with Crippen LogP contribution < -0.4 is 14.4 Å². The minimum Gasteiger partial charge on any atom is -0.495 e. The molecule has 1 fully saturated rings. The smallest absolute Gasteiger partial charge is 0.261 e. The third-order valence-corrected chi connectivity index (χ3v) is 6.29. The average molecular weight is 486 g/mol. The van der Waals surface area contributed by atoms with E-state index in [1.165, 1.54) is 19.2 Å². The predicted molar refractivity (Wildman–Crippen MR) is 109 cm³/mol. The van der Waals surface area contributed by atoms with E-state index in [4.69, 9.17) is 4.74 Å². The number of nitrogens with zero attached hydrogens (tertiary/aromatic N) is 1. The van der Waals surface area contributed by atoms with Crippen LogP contribution in [0.5, 0.6) is 5.75 Å². The van der Waals surface area contributed by atoms with Crippen LogP contribution in [0.15, 0.2) is 41.3 Å². The van der Waals surface area contributed by atoms with Crippen molar-refractivity contribution >= 4 is 49.9 Å². The summed E-state index contributed by atoms with van der Waals surface area (Å²) in [6.45, 7) is 2.41. The van der Waals surface area contributed by atoms with E-state index in [0.29, 0.717) is 30.1 Å². The highest BCUT2D eigenvalue weighted by molar-refractivity contribution is 14.1. The highest BCUT2D eigenvalue weighted by atomic mass is 127. The number of carbonyl (C=O) groups is 1. The van der Waals surface area contributed by atoms with Gasteiger partial charge in [0.05, 0.1) is 23.4 Å². The first-order chi connectivity index (χ1) is 12.3. The molecule has 1 aliphatic heterocycles. The van der Waals surface area contributed by atoms with Crippen molar-refractivity contribution in [1.82, 2.24) is 0 Å². The first kappa shape index (κ1) is 19.0. The Morgan fingerprint density at radius 2 is 1.96 bits per heavy atom. The molecule has 3 rings (SSSR count). The molecule has 1 saturated heterocycles. The van der Waals surface area contributed by atoms with Gasteiger partial charge < -0.3 is 9.64 Å². The summed E-state index contributed by atoms with van der Waals surface area (Å²) in [6, 6.07) is 10.0. The van der Waals surface area contributed by atoms with Gasteiger partial charge in [0.25, 0.3) is 10.0 Å². The molecule has 1 heterocycles. The van der Waals surface area contributed by atoms with Gasteiger partial charge in [0.15, 0.2) is 0 Å². The molecule has 2 aromatic rings. The minimum atomic E-state index is -3.79. The van der Waals surface area contributed by atoms with E-state index in [9.17, 15) is 13.2 Å². The molecular formula is C18H19IN2O4S. The molecule has 6 nitrogen and oxygen atoms in total. The molecule has 0 bridgehead atoms. The van der Waals surface area contributed by atoms with Crippen molar-refractivity contribution in [3.63, 3.8) is 0 Å². The van der Waals surface area contributed by atoms with Crippen molar-refractivity contribution in [2.45, 2.75) is 24.7 Å². The number of amides is 1. The molecule has 0 saturated carbocycles. The van der Waals surface area contributed by atoms with Gasteiger partial charge in [-0.15, -0.1) is 0 Å². The third kappa shape index (κ3) is 3.80. The van der Waals surface area contributed by atoms with Gasteiger partial charge in [-0.2, -0.15) is 0 Å². The molecule has 1 aliphatic rings. The van der Waals surface area contributed by atoms with Crippen molar-refractivity contribution in [2.24, 2.45) is 0 Å². The second-order valence-corrected chi connectivity index (χ2v) is 8.98. The molecule has 0 aromatic heterocycles. The summed E-state index contributed by atoms with van der Waals surface area (Å²) >= 11 is 2.18. The Hall–Kier alpha value is -1.81. The van der Waals surface area contributed by atoms with E-state index in [2.05, 4.69) is 27.3 Å². The molecule has 0 radical (unpaired) electrons. The monoisotopic (exact) mass is 486 g/mol. The van der Waals surface area contributed by atoms with E-state index in [0.717, 1.165) is 15.6 Å². The van der Waals surface area contributed by atoms with Gasteiger partial charge >= 0.3 is 0 Å². The van der Waals surface area contributed by atoms with Crippen LogP contribution in [0, 0.1) is 10.5 Å². The summed E-state index contributed by atoms with van der Waals surface area (Å²) in [5, 5.41) is 0. The van der Waals surface area contributed by atoms with E-state index in [-0.39, 0.29) is 10.8 Å². The normalized spacial score (nSPS) is 14.6. The Morgan fingerprint density at radius 1 is 1.19 bits per heavy atom. The Bertz CT molecular complexity index is 960. The number of hydrogen-bond acceptors (Lipinski definition) is 4. The lowest BCUT2D eigenvalue weighted by molar-refractivity contribution is -0.117. The molecule has 0 spiro atoms. The van der Waals surface area contributed by atoms with Gasteiger partial charge in [-0.25, -0.2) is 8.42 Å². The molecule has 1 amide bonds. The fraction of sp³-hybridized carbons (Fsp3) is 0.278. The number of rotatable bonds is 5. The number of halogens is 1. The number of aryl methyl sites for hydroxylation is 1. The maximum atomic E-state index is 12.8. The van der Waals surface area contributed by atoms with E-state index in [1.54, 1.807) is 17.0 Å². The van der Waals surface area contributed by atoms with Gasteiger partial charge in [-0.1, -0.05) is 0 Å². The summed E-state index contributed by atoms with van der Waals surface area (Å²) in [7, 11) is -2.29. The maximum Gasteiger partial charge on any atom is 0.261 e. The number of anilines is 2. The van der Waals surface area contributed by atoms with Crippen LogP contribution in [0.2, 0.25) is 0 Å². The summed E-state index contributed by atoms with van der Waals surface area (Å²) in [5.74, 6) is 0.448. The predicted octanol–water partition coefficient (Wildman–Crippen LogP) is 3.54. The maximum absolute atomic E-state index is 12.8. The van der Waals surface area contributed by atoms with Crippen LogP contribution in [-0.2, 0) is 14.8 Å². The van der Waals surface area contributed by atoms with Gasteiger partial charge in [0.2, 0.25) is 5.91 Å². The number of methoxy groups -OCH3 is 1. The van der Waals surface area contributed by atoms with Crippen LogP contribution in [0.1, 0.15) is 18.4 Å². The van der Waals surface area contributed by atoms with E-state index >= 15 is 0 Å². The molecule has 1 N–H and O–H groups in total. The fourth-order valence-electron chi connectivity index (χ4n) is 2.90. The van der Waals surface area contributed by atoms with E-state index < -0.39 is 10.0 Å². The standard InChI is InChI=1S/C18H19IN2O4S/c1-12-10-13(19)5-7-15(12)20-26(23,24)14-6-8-17(25-2)16(11-14)21-9-3-4-18(21)22/h5-8,10-11,20H,3-4,9H2,1-2H3. The Labute approximate surface area is 166 Å². The number of carbonyl (C=O) groups excluding carboxylic acids is 1. The van der Waals surface area contributed by atoms with Crippen molar-refractivity contribution < 1.29 is 17.9 Å². The van der Waals surface area contributed by atoms with Crippen LogP contribution in [-0.4, -0.2) is 28.0 Å². The van der Waals surface area contributed by atoms with Gasteiger partial charge in [0, 0.05) is 16.5 Å². The van der Waals surface area contributed by atoms with Crippen LogP contribution in [0.3, 0.4) is 0 Å². The second-order valence-electron chi connectivity index (χ2n) is 6.05. The van der Waals surface area contributed by atoms with Crippen LogP contribution >= 0.6 is 22.6 Å². The first-order valence-electron chi connectivity index (χ1n) is 8.09. The number of benzene rings is 2. The summed E-state index contributed by atoms with van der Waals surface area (Å²) in [5.41, 5.74) is 1.85. The average Bonchev–Trinajstić information content (AvgIpc) is 3.02. The van der Waals surface area contributed by atoms with Gasteiger partial charge in [0.1, 0.15) is 5.75 Å². The topological polar surface area (TPSA) is 75.7 Å². The molecule has 26 heavy (non-hydrogen) atoms. The van der Waals surface area contributed by atoms with E-state index in [1.807, 2.05) is 19.1 Å². The van der Waals surface area contributed by atoms with Crippen LogP contribution in [0.25, 0.3) is 0 Å². The quantitative estimate of drug-likeness (QED) is 0.657. The van der Waals surface area contributed by atoms with Gasteiger partial charge in [-0.05, 0) is 77.9 Å². The lowest BCUT2D eigenvalue weighted by atomic mass is 10.2. The second kappa shape index (κ2) is 7.43. The molecular weight excluding hydrogens is 467 g/mol. The molecule has 0 aliphatic carbocycles. The van der Waals surface area contributed by atoms with Crippen molar-refractivity contribution in [3.05, 3.63) is 45.5 Å². The lowest BCUT2D eigenvalue weighted by Crippen LogP contribution is -2.25. The SMILES string of the molecule is COc1ccc(S(=O)(=O)Nc2ccc(I)cc2C)cc1N1CCCC1=O. The zero-order chi connectivity index (χ0) is 18.9. The first-order valence-corrected chi connectivity index (χ1v) is 10.7. The Morgan fingerprint density at radius 3 is 2.58 bits per heavy atom. The highest BCUT2D eigenvalue weighted by Crippen LogP contribution is 2.34. The van der Waals surface area contributed by atoms with Gasteiger partial charge in [-0.3, -0.25) is 9.52 Å². The zero-order valence-corrected chi connectivity index (χ0v) is 17.4. The zero-order valence-electron chi connectivity index (χ0n) is 14.5. The Balaban J connectivity index is 1.98. The summed E-state index contributed by atoms with van der Waals surface area (Å²) in [4.78, 5) is 13.7. The molecule has 2 aromatic carbocycles. The summed E-state index contributed by atoms with van der Waals surface area (Å²) < 4.78 is 34.6. The number of nitrogens with one attached hydrogen (secondary N) is 1. The molecule has 0 atom stereocenters. The van der Waals surface area contributed by atoms with Crippen molar-refractivity contribution in [1.29, 1.82) is 0 Å². The number of sulfonamides is 1. The highest BCUT2D eigenvalue weighted by Gasteiger charge is 2.26. The fourth-order valence-corrected chi connectivity index (χ4v) is 4.69. The largest absolute Gasteiger partial charge is 0.495 e. The van der Waals surface area contributed by atoms with Crippen LogP contribution in [0.4, 0.5) is 11.4 Å². The van der Waals surface area contributed by atoms with Crippen molar-refractivity contribution in [2.75, 3.05) is 23.3 Å². The summed E-state index contributed by atoms with van der Waals surface area (Å²) in [6.07, 6.45) is 1.21. The third-order valence-electron chi connectivity index (χ3n) is 4.26. The van der Waals surface area contributed by atoms with Crippen molar-refractivity contribution in [3.8, 4) is 5.75 Å². The number of hydrogen-bond donors (Lipinski definition) is 1. The number of ether oxygens (including phenoxy) is 1. The minimum absolute atomic E-state index is 0.0284. The Kier molecular flexibility index (Phi) is 5.42. The molecule has 138 valence electrons. The lowest BCUT2D eigenvalue weighted by Gasteiger charge is -2.20.